The monoisotopic (exact) mass is 236 g/mol. The summed E-state index contributed by atoms with van der Waals surface area (Å²) in [5.74, 6) is 0.799. The van der Waals surface area contributed by atoms with Crippen LogP contribution in [0.3, 0.4) is 0 Å². The minimum Gasteiger partial charge on any atom is -0.316 e. The standard InChI is InChI=1S/C13H24N4/c1-11(13-8-15-17(3)10-13)16(2)9-12-5-4-6-14-7-12/h8,10-12,14H,4-7,9H2,1-3H3. The second-order valence-electron chi connectivity index (χ2n) is 5.28. The third-order valence-corrected chi connectivity index (χ3v) is 3.81. The van der Waals surface area contributed by atoms with Crippen LogP contribution in [0.5, 0.6) is 0 Å². The molecule has 2 unspecified atom stereocenters. The van der Waals surface area contributed by atoms with Gasteiger partial charge in [-0.05, 0) is 45.8 Å². The molecule has 1 aliphatic rings. The number of hydrogen-bond donors (Lipinski definition) is 1. The van der Waals surface area contributed by atoms with E-state index < -0.39 is 0 Å². The molecule has 1 aliphatic heterocycles. The Morgan fingerprint density at radius 1 is 1.65 bits per heavy atom. The highest BCUT2D eigenvalue weighted by molar-refractivity contribution is 5.09. The van der Waals surface area contributed by atoms with Crippen molar-refractivity contribution in [1.29, 1.82) is 0 Å². The highest BCUT2D eigenvalue weighted by Crippen LogP contribution is 2.20. The summed E-state index contributed by atoms with van der Waals surface area (Å²) in [7, 11) is 4.19. The molecule has 2 rings (SSSR count). The fourth-order valence-corrected chi connectivity index (χ4v) is 2.56. The molecule has 0 radical (unpaired) electrons. The lowest BCUT2D eigenvalue weighted by atomic mass is 9.98. The first-order chi connectivity index (χ1) is 8.16. The van der Waals surface area contributed by atoms with Gasteiger partial charge >= 0.3 is 0 Å². The van der Waals surface area contributed by atoms with Crippen molar-refractivity contribution in [2.75, 3.05) is 26.7 Å². The van der Waals surface area contributed by atoms with Gasteiger partial charge in [-0.25, -0.2) is 0 Å². The Labute approximate surface area is 104 Å². The van der Waals surface area contributed by atoms with Gasteiger partial charge in [-0.2, -0.15) is 5.10 Å². The summed E-state index contributed by atoms with van der Waals surface area (Å²) >= 11 is 0. The van der Waals surface area contributed by atoms with Crippen LogP contribution in [-0.4, -0.2) is 41.4 Å². The average molecular weight is 236 g/mol. The van der Waals surface area contributed by atoms with Crippen molar-refractivity contribution in [2.24, 2.45) is 13.0 Å². The van der Waals surface area contributed by atoms with Crippen molar-refractivity contribution >= 4 is 0 Å². The fourth-order valence-electron chi connectivity index (χ4n) is 2.56. The van der Waals surface area contributed by atoms with Crippen LogP contribution < -0.4 is 5.32 Å². The highest BCUT2D eigenvalue weighted by atomic mass is 15.2. The van der Waals surface area contributed by atoms with Crippen LogP contribution >= 0.6 is 0 Å². The van der Waals surface area contributed by atoms with Gasteiger partial charge in [0.2, 0.25) is 0 Å². The Morgan fingerprint density at radius 3 is 3.06 bits per heavy atom. The van der Waals surface area contributed by atoms with E-state index in [1.807, 2.05) is 17.9 Å². The van der Waals surface area contributed by atoms with Gasteiger partial charge in [-0.1, -0.05) is 0 Å². The molecule has 0 saturated carbocycles. The maximum Gasteiger partial charge on any atom is 0.0537 e. The molecule has 4 heteroatoms. The Bertz CT molecular complexity index is 341. The highest BCUT2D eigenvalue weighted by Gasteiger charge is 2.19. The van der Waals surface area contributed by atoms with Crippen LogP contribution in [0, 0.1) is 5.92 Å². The Kier molecular flexibility index (Phi) is 4.18. The zero-order valence-corrected chi connectivity index (χ0v) is 11.2. The van der Waals surface area contributed by atoms with E-state index in [-0.39, 0.29) is 0 Å². The largest absolute Gasteiger partial charge is 0.316 e. The van der Waals surface area contributed by atoms with Crippen molar-refractivity contribution < 1.29 is 0 Å². The number of piperidine rings is 1. The topological polar surface area (TPSA) is 33.1 Å². The SMILES string of the molecule is CC(c1cnn(C)c1)N(C)CC1CCCNC1. The van der Waals surface area contributed by atoms with Gasteiger partial charge in [0.25, 0.3) is 0 Å². The van der Waals surface area contributed by atoms with Crippen LogP contribution in [-0.2, 0) is 7.05 Å². The van der Waals surface area contributed by atoms with E-state index in [0.29, 0.717) is 6.04 Å². The summed E-state index contributed by atoms with van der Waals surface area (Å²) in [6.07, 6.45) is 6.76. The smallest absolute Gasteiger partial charge is 0.0537 e. The van der Waals surface area contributed by atoms with E-state index in [9.17, 15) is 0 Å². The number of nitrogens with one attached hydrogen (secondary N) is 1. The molecule has 1 aromatic rings. The van der Waals surface area contributed by atoms with E-state index in [2.05, 4.69) is 35.5 Å². The molecule has 96 valence electrons. The fraction of sp³-hybridized carbons (Fsp3) is 0.769. The molecule has 0 spiro atoms. The van der Waals surface area contributed by atoms with Gasteiger partial charge in [0.1, 0.15) is 0 Å². The van der Waals surface area contributed by atoms with E-state index >= 15 is 0 Å². The molecule has 1 N–H and O–H groups in total. The van der Waals surface area contributed by atoms with Gasteiger partial charge in [0.05, 0.1) is 6.20 Å². The van der Waals surface area contributed by atoms with Crippen molar-refractivity contribution in [2.45, 2.75) is 25.8 Å². The van der Waals surface area contributed by atoms with Crippen molar-refractivity contribution in [3.63, 3.8) is 0 Å². The second-order valence-corrected chi connectivity index (χ2v) is 5.28. The third kappa shape index (κ3) is 3.30. The van der Waals surface area contributed by atoms with Crippen molar-refractivity contribution in [1.82, 2.24) is 20.0 Å². The number of rotatable bonds is 4. The van der Waals surface area contributed by atoms with E-state index in [4.69, 9.17) is 0 Å². The van der Waals surface area contributed by atoms with Crippen molar-refractivity contribution in [3.05, 3.63) is 18.0 Å². The summed E-state index contributed by atoms with van der Waals surface area (Å²) in [6.45, 7) is 5.79. The zero-order chi connectivity index (χ0) is 12.3. The maximum atomic E-state index is 4.24. The van der Waals surface area contributed by atoms with Gasteiger partial charge in [-0.3, -0.25) is 9.58 Å². The Morgan fingerprint density at radius 2 is 2.47 bits per heavy atom. The summed E-state index contributed by atoms with van der Waals surface area (Å²) in [6, 6.07) is 0.450. The molecule has 1 saturated heterocycles. The van der Waals surface area contributed by atoms with Crippen LogP contribution in [0.2, 0.25) is 0 Å². The van der Waals surface area contributed by atoms with Crippen LogP contribution in [0.25, 0.3) is 0 Å². The second kappa shape index (κ2) is 5.65. The Hall–Kier alpha value is -0.870. The molecule has 0 aliphatic carbocycles. The molecule has 1 aromatic heterocycles. The molecular formula is C13H24N4. The number of hydrogen-bond acceptors (Lipinski definition) is 3. The lowest BCUT2D eigenvalue weighted by molar-refractivity contribution is 0.199. The first-order valence-electron chi connectivity index (χ1n) is 6.56. The molecule has 0 aromatic carbocycles. The van der Waals surface area contributed by atoms with Gasteiger partial charge in [0, 0.05) is 31.4 Å². The summed E-state index contributed by atoms with van der Waals surface area (Å²) < 4.78 is 1.88. The lowest BCUT2D eigenvalue weighted by Gasteiger charge is -2.30. The minimum absolute atomic E-state index is 0.450. The molecular weight excluding hydrogens is 212 g/mol. The molecule has 0 amide bonds. The number of aryl methyl sites for hydroxylation is 1. The number of aromatic nitrogens is 2. The third-order valence-electron chi connectivity index (χ3n) is 3.81. The normalized spacial score (nSPS) is 22.9. The predicted octanol–water partition coefficient (Wildman–Crippen LogP) is 1.41. The van der Waals surface area contributed by atoms with Crippen LogP contribution in [0.4, 0.5) is 0 Å². The van der Waals surface area contributed by atoms with E-state index in [0.717, 1.165) is 5.92 Å². The first kappa shape index (κ1) is 12.6. The maximum absolute atomic E-state index is 4.24. The zero-order valence-electron chi connectivity index (χ0n) is 11.2. The molecule has 2 atom stereocenters. The summed E-state index contributed by atoms with van der Waals surface area (Å²) in [5.41, 5.74) is 1.30. The Balaban J connectivity index is 1.88. The summed E-state index contributed by atoms with van der Waals surface area (Å²) in [5, 5.41) is 7.72. The van der Waals surface area contributed by atoms with Crippen molar-refractivity contribution in [3.8, 4) is 0 Å². The molecule has 0 bridgehead atoms. The first-order valence-corrected chi connectivity index (χ1v) is 6.56. The molecule has 2 heterocycles. The molecule has 1 fully saturated rings. The predicted molar refractivity (Wildman–Crippen MR) is 69.8 cm³/mol. The molecule has 17 heavy (non-hydrogen) atoms. The minimum atomic E-state index is 0.450. The van der Waals surface area contributed by atoms with E-state index in [1.54, 1.807) is 0 Å². The lowest BCUT2D eigenvalue weighted by Crippen LogP contribution is -2.37. The number of nitrogens with zero attached hydrogens (tertiary/aromatic N) is 3. The van der Waals surface area contributed by atoms with E-state index in [1.165, 1.54) is 38.0 Å². The van der Waals surface area contributed by atoms with Gasteiger partial charge in [-0.15, -0.1) is 0 Å². The summed E-state index contributed by atoms with van der Waals surface area (Å²) in [4.78, 5) is 2.44. The van der Waals surface area contributed by atoms with Gasteiger partial charge in [0.15, 0.2) is 0 Å². The van der Waals surface area contributed by atoms with Crippen LogP contribution in [0.1, 0.15) is 31.4 Å². The van der Waals surface area contributed by atoms with Crippen LogP contribution in [0.15, 0.2) is 12.4 Å². The average Bonchev–Trinajstić information content (AvgIpc) is 2.76. The van der Waals surface area contributed by atoms with Gasteiger partial charge < -0.3 is 5.32 Å². The quantitative estimate of drug-likeness (QED) is 0.858. The molecule has 4 nitrogen and oxygen atoms in total.